The summed E-state index contributed by atoms with van der Waals surface area (Å²) in [6, 6.07) is 16.7. The van der Waals surface area contributed by atoms with Crippen LogP contribution in [-0.4, -0.2) is 48.1 Å². The molecule has 1 heterocycles. The Hall–Kier alpha value is -3.82. The molecule has 1 aliphatic heterocycles. The van der Waals surface area contributed by atoms with Gasteiger partial charge in [0.25, 0.3) is 0 Å². The van der Waals surface area contributed by atoms with E-state index in [9.17, 15) is 9.50 Å². The summed E-state index contributed by atoms with van der Waals surface area (Å²) >= 11 is 6.44. The molecule has 0 aromatic heterocycles. The number of amidine groups is 1. The van der Waals surface area contributed by atoms with Crippen molar-refractivity contribution in [2.75, 3.05) is 30.8 Å². The second kappa shape index (κ2) is 12.6. The zero-order valence-corrected chi connectivity index (χ0v) is 21.6. The lowest BCUT2D eigenvalue weighted by molar-refractivity contribution is 0.0501. The number of halogens is 2. The highest BCUT2D eigenvalue weighted by Gasteiger charge is 2.27. The Bertz CT molecular complexity index is 1350. The molecule has 198 valence electrons. The first kappa shape index (κ1) is 27.2. The van der Waals surface area contributed by atoms with Crippen molar-refractivity contribution in [2.24, 2.45) is 5.11 Å². The standard InChI is InChI=1S/C27H29ClFN7O2/c1-32-23-7-3-5-18(14-36-11-10-22(34-35-31)24(37)15-36)26(23)27(30)33-20-8-9-25(21(28)13-20)38-16-17-4-2-6-19(29)12-17/h2-9,12-13,22,24,32,37H,10-11,14-16H2,1H3,(H2,30,33)/t22-,24-/m1/s1. The first-order valence-corrected chi connectivity index (χ1v) is 12.5. The average Bonchev–Trinajstić information content (AvgIpc) is 2.89. The summed E-state index contributed by atoms with van der Waals surface area (Å²) in [5.74, 6) is 0.302. The molecule has 0 saturated carbocycles. The first-order valence-electron chi connectivity index (χ1n) is 12.1. The van der Waals surface area contributed by atoms with Crippen LogP contribution in [-0.2, 0) is 13.2 Å². The van der Waals surface area contributed by atoms with Gasteiger partial charge in [-0.25, -0.2) is 4.39 Å². The molecular weight excluding hydrogens is 509 g/mol. The minimum absolute atomic E-state index is 0.174. The van der Waals surface area contributed by atoms with Crippen molar-refractivity contribution < 1.29 is 14.2 Å². The molecule has 1 aliphatic rings. The predicted molar refractivity (Wildman–Crippen MR) is 147 cm³/mol. The maximum Gasteiger partial charge on any atom is 0.138 e. The number of aliphatic hydroxyl groups is 1. The highest BCUT2D eigenvalue weighted by molar-refractivity contribution is 6.32. The van der Waals surface area contributed by atoms with Gasteiger partial charge >= 0.3 is 0 Å². The summed E-state index contributed by atoms with van der Waals surface area (Å²) in [7, 11) is 1.80. The van der Waals surface area contributed by atoms with Gasteiger partial charge in [-0.3, -0.25) is 10.3 Å². The SMILES string of the molecule is CNc1cccc(CN2CC[C@@H](N=[N+]=[N-])[C@H](O)C2)c1C(=N)Nc1ccc(OCc2cccc(F)c2)c(Cl)c1. The number of β-amino-alcohol motifs (C(OH)–C–C–N with tert-alkyl or cyclic N) is 1. The zero-order valence-electron chi connectivity index (χ0n) is 20.9. The van der Waals surface area contributed by atoms with Crippen molar-refractivity contribution in [3.63, 3.8) is 0 Å². The van der Waals surface area contributed by atoms with Crippen LogP contribution in [0.25, 0.3) is 10.4 Å². The van der Waals surface area contributed by atoms with E-state index in [1.807, 2.05) is 18.2 Å². The average molecular weight is 538 g/mol. The Morgan fingerprint density at radius 3 is 2.79 bits per heavy atom. The van der Waals surface area contributed by atoms with Gasteiger partial charge in [-0.1, -0.05) is 41.0 Å². The number of rotatable bonds is 9. The summed E-state index contributed by atoms with van der Waals surface area (Å²) in [6.45, 7) is 1.73. The van der Waals surface area contributed by atoms with Crippen molar-refractivity contribution >= 4 is 28.8 Å². The van der Waals surface area contributed by atoms with Gasteiger partial charge in [-0.05, 0) is 66.0 Å². The quantitative estimate of drug-likeness (QED) is 0.0903. The molecule has 38 heavy (non-hydrogen) atoms. The number of azide groups is 1. The van der Waals surface area contributed by atoms with Gasteiger partial charge in [0, 0.05) is 42.0 Å². The van der Waals surface area contributed by atoms with Crippen LogP contribution in [0.15, 0.2) is 65.8 Å². The molecule has 0 radical (unpaired) electrons. The predicted octanol–water partition coefficient (Wildman–Crippen LogP) is 5.78. The Morgan fingerprint density at radius 2 is 2.08 bits per heavy atom. The summed E-state index contributed by atoms with van der Waals surface area (Å²) in [6.07, 6.45) is -0.175. The second-order valence-electron chi connectivity index (χ2n) is 9.02. The summed E-state index contributed by atoms with van der Waals surface area (Å²) in [4.78, 5) is 4.91. The third kappa shape index (κ3) is 6.73. The Balaban J connectivity index is 1.46. The van der Waals surface area contributed by atoms with E-state index < -0.39 is 12.1 Å². The number of nitrogens with zero attached hydrogens (tertiary/aromatic N) is 4. The lowest BCUT2D eigenvalue weighted by Crippen LogP contribution is -2.45. The van der Waals surface area contributed by atoms with E-state index >= 15 is 0 Å². The van der Waals surface area contributed by atoms with E-state index in [4.69, 9.17) is 27.3 Å². The molecule has 0 aliphatic carbocycles. The minimum Gasteiger partial charge on any atom is -0.487 e. The van der Waals surface area contributed by atoms with Gasteiger partial charge in [0.2, 0.25) is 0 Å². The highest BCUT2D eigenvalue weighted by atomic mass is 35.5. The van der Waals surface area contributed by atoms with Crippen LogP contribution in [0.5, 0.6) is 5.75 Å². The zero-order chi connectivity index (χ0) is 27.1. The topological polar surface area (TPSA) is 129 Å². The number of hydrogen-bond acceptors (Lipinski definition) is 6. The van der Waals surface area contributed by atoms with Gasteiger partial charge in [0.1, 0.15) is 24.0 Å². The molecule has 0 bridgehead atoms. The van der Waals surface area contributed by atoms with Gasteiger partial charge in [0.15, 0.2) is 0 Å². The summed E-state index contributed by atoms with van der Waals surface area (Å²) in [5, 5.41) is 29.5. The fourth-order valence-electron chi connectivity index (χ4n) is 4.50. The molecule has 1 fully saturated rings. The lowest BCUT2D eigenvalue weighted by Gasteiger charge is -2.34. The van der Waals surface area contributed by atoms with Crippen LogP contribution in [0.3, 0.4) is 0 Å². The molecule has 9 nitrogen and oxygen atoms in total. The van der Waals surface area contributed by atoms with Crippen LogP contribution < -0.4 is 15.4 Å². The molecule has 1 saturated heterocycles. The van der Waals surface area contributed by atoms with Gasteiger partial charge in [-0.2, -0.15) is 0 Å². The maximum absolute atomic E-state index is 13.4. The third-order valence-corrected chi connectivity index (χ3v) is 6.67. The van der Waals surface area contributed by atoms with Crippen LogP contribution in [0.2, 0.25) is 5.02 Å². The Kier molecular flexibility index (Phi) is 9.04. The number of hydrogen-bond donors (Lipinski definition) is 4. The first-order chi connectivity index (χ1) is 18.4. The fraction of sp³-hybridized carbons (Fsp3) is 0.296. The molecule has 2 atom stereocenters. The maximum atomic E-state index is 13.4. The van der Waals surface area contributed by atoms with Crippen LogP contribution in [0.1, 0.15) is 23.1 Å². The number of likely N-dealkylation sites (tertiary alicyclic amines) is 1. The molecule has 0 amide bonds. The number of piperidine rings is 1. The molecule has 4 rings (SSSR count). The summed E-state index contributed by atoms with van der Waals surface area (Å²) in [5.41, 5.74) is 12.4. The molecule has 11 heteroatoms. The highest BCUT2D eigenvalue weighted by Crippen LogP contribution is 2.30. The van der Waals surface area contributed by atoms with E-state index in [1.165, 1.54) is 12.1 Å². The van der Waals surface area contributed by atoms with E-state index in [-0.39, 0.29) is 18.3 Å². The number of benzene rings is 3. The number of nitrogens with one attached hydrogen (secondary N) is 3. The van der Waals surface area contributed by atoms with Crippen molar-refractivity contribution in [2.45, 2.75) is 31.7 Å². The second-order valence-corrected chi connectivity index (χ2v) is 9.42. The van der Waals surface area contributed by atoms with Gasteiger partial charge in [0.05, 0.1) is 17.2 Å². The molecule has 3 aromatic carbocycles. The molecule has 0 unspecified atom stereocenters. The van der Waals surface area contributed by atoms with Crippen molar-refractivity contribution in [1.82, 2.24) is 4.90 Å². The van der Waals surface area contributed by atoms with Crippen molar-refractivity contribution in [3.8, 4) is 5.75 Å². The van der Waals surface area contributed by atoms with E-state index in [2.05, 4.69) is 25.6 Å². The molecular formula is C27H29ClFN7O2. The lowest BCUT2D eigenvalue weighted by atomic mass is 9.99. The monoisotopic (exact) mass is 537 g/mol. The van der Waals surface area contributed by atoms with E-state index in [0.717, 1.165) is 11.3 Å². The van der Waals surface area contributed by atoms with E-state index in [0.29, 0.717) is 53.6 Å². The molecule has 0 spiro atoms. The number of anilines is 2. The number of aliphatic hydroxyl groups excluding tert-OH is 1. The largest absolute Gasteiger partial charge is 0.487 e. The fourth-order valence-corrected chi connectivity index (χ4v) is 4.73. The Labute approximate surface area is 225 Å². The molecule has 4 N–H and O–H groups in total. The third-order valence-electron chi connectivity index (χ3n) is 6.38. The summed E-state index contributed by atoms with van der Waals surface area (Å²) < 4.78 is 19.2. The van der Waals surface area contributed by atoms with Gasteiger partial charge in [-0.15, -0.1) is 0 Å². The van der Waals surface area contributed by atoms with E-state index in [1.54, 1.807) is 37.4 Å². The van der Waals surface area contributed by atoms with Gasteiger partial charge < -0.3 is 20.5 Å². The van der Waals surface area contributed by atoms with Crippen LogP contribution in [0, 0.1) is 11.2 Å². The van der Waals surface area contributed by atoms with Crippen molar-refractivity contribution in [3.05, 3.63) is 98.6 Å². The number of ether oxygens (including phenoxy) is 1. The minimum atomic E-state index is -0.739. The molecule has 3 aromatic rings. The van der Waals surface area contributed by atoms with Crippen molar-refractivity contribution in [1.29, 1.82) is 5.41 Å². The Morgan fingerprint density at radius 1 is 1.26 bits per heavy atom. The van der Waals surface area contributed by atoms with Crippen LogP contribution in [0.4, 0.5) is 15.8 Å². The van der Waals surface area contributed by atoms with Crippen LogP contribution >= 0.6 is 11.6 Å². The normalized spacial score (nSPS) is 17.4. The smallest absolute Gasteiger partial charge is 0.138 e.